The Bertz CT molecular complexity index is 309. The summed E-state index contributed by atoms with van der Waals surface area (Å²) < 4.78 is 5.21. The number of H-pyrrole nitrogens is 1. The number of ether oxygens (including phenoxy) is 1. The molecular weight excluding hydrogens is 194 g/mol. The highest BCUT2D eigenvalue weighted by Crippen LogP contribution is 2.03. The van der Waals surface area contributed by atoms with Gasteiger partial charge in [-0.25, -0.2) is 0 Å². The minimum Gasteiger partial charge on any atom is -0.381 e. The number of nitrogens with zero attached hydrogens (tertiary/aromatic N) is 1. The highest BCUT2D eigenvalue weighted by Gasteiger charge is 2.04. The van der Waals surface area contributed by atoms with Gasteiger partial charge < -0.3 is 10.1 Å². The third kappa shape index (κ3) is 4.60. The lowest BCUT2D eigenvalue weighted by Crippen LogP contribution is -2.14. The van der Waals surface area contributed by atoms with Crippen LogP contribution < -0.4 is 5.32 Å². The van der Waals surface area contributed by atoms with E-state index in [-0.39, 0.29) is 5.91 Å². The molecule has 1 aromatic rings. The molecule has 0 aliphatic heterocycles. The zero-order valence-electron chi connectivity index (χ0n) is 9.17. The number of aromatic amines is 1. The summed E-state index contributed by atoms with van der Waals surface area (Å²) in [6, 6.07) is 1.78. The first-order valence-corrected chi connectivity index (χ1v) is 5.12. The molecule has 0 spiro atoms. The Morgan fingerprint density at radius 2 is 2.40 bits per heavy atom. The standard InChI is InChI=1S/C10H17N3O2/c1-3-5-15-6-4-10(14)11-9-7-8(2)12-13-9/h7H,3-6H2,1-2H3,(H2,11,12,13,14). The lowest BCUT2D eigenvalue weighted by Gasteiger charge is -2.02. The molecule has 0 saturated carbocycles. The van der Waals surface area contributed by atoms with Crippen LogP contribution in [0.4, 0.5) is 5.82 Å². The van der Waals surface area contributed by atoms with Crippen molar-refractivity contribution in [3.05, 3.63) is 11.8 Å². The molecule has 0 saturated heterocycles. The van der Waals surface area contributed by atoms with Crippen molar-refractivity contribution < 1.29 is 9.53 Å². The third-order valence-corrected chi connectivity index (χ3v) is 1.80. The Hall–Kier alpha value is -1.36. The Kier molecular flexibility index (Phi) is 4.83. The molecule has 1 heterocycles. The van der Waals surface area contributed by atoms with E-state index in [9.17, 15) is 4.79 Å². The summed E-state index contributed by atoms with van der Waals surface area (Å²) in [5.41, 5.74) is 0.924. The first-order valence-electron chi connectivity index (χ1n) is 5.12. The number of nitrogens with one attached hydrogen (secondary N) is 2. The summed E-state index contributed by atoms with van der Waals surface area (Å²) in [5, 5.41) is 9.34. The lowest BCUT2D eigenvalue weighted by molar-refractivity contribution is -0.117. The van der Waals surface area contributed by atoms with Crippen molar-refractivity contribution >= 4 is 11.7 Å². The third-order valence-electron chi connectivity index (χ3n) is 1.80. The van der Waals surface area contributed by atoms with Crippen molar-refractivity contribution in [2.45, 2.75) is 26.7 Å². The van der Waals surface area contributed by atoms with Gasteiger partial charge in [-0.05, 0) is 13.3 Å². The minimum atomic E-state index is -0.0717. The van der Waals surface area contributed by atoms with E-state index in [0.717, 1.165) is 12.1 Å². The molecule has 0 unspecified atom stereocenters. The summed E-state index contributed by atoms with van der Waals surface area (Å²) in [4.78, 5) is 11.3. The van der Waals surface area contributed by atoms with Gasteiger partial charge in [0.15, 0.2) is 5.82 Å². The van der Waals surface area contributed by atoms with Crippen molar-refractivity contribution in [1.29, 1.82) is 0 Å². The number of aryl methyl sites for hydroxylation is 1. The zero-order chi connectivity index (χ0) is 11.1. The largest absolute Gasteiger partial charge is 0.381 e. The SMILES string of the molecule is CCCOCCC(=O)Nc1cc(C)[nH]n1. The number of carbonyl (C=O) groups excluding carboxylic acids is 1. The fourth-order valence-corrected chi connectivity index (χ4v) is 1.10. The molecule has 0 bridgehead atoms. The van der Waals surface area contributed by atoms with Gasteiger partial charge in [-0.1, -0.05) is 6.92 Å². The van der Waals surface area contributed by atoms with Crippen LogP contribution in [0, 0.1) is 6.92 Å². The second-order valence-corrected chi connectivity index (χ2v) is 3.35. The normalized spacial score (nSPS) is 10.3. The van der Waals surface area contributed by atoms with Gasteiger partial charge in [0.1, 0.15) is 0 Å². The van der Waals surface area contributed by atoms with Crippen LogP contribution in [-0.2, 0) is 9.53 Å². The second-order valence-electron chi connectivity index (χ2n) is 3.35. The molecule has 2 N–H and O–H groups in total. The zero-order valence-corrected chi connectivity index (χ0v) is 9.17. The quantitative estimate of drug-likeness (QED) is 0.700. The summed E-state index contributed by atoms with van der Waals surface area (Å²) >= 11 is 0. The topological polar surface area (TPSA) is 67.0 Å². The van der Waals surface area contributed by atoms with Gasteiger partial charge >= 0.3 is 0 Å². The maximum Gasteiger partial charge on any atom is 0.227 e. The molecule has 1 amide bonds. The molecule has 0 fully saturated rings. The molecule has 0 radical (unpaired) electrons. The van der Waals surface area contributed by atoms with Crippen LogP contribution in [0.5, 0.6) is 0 Å². The van der Waals surface area contributed by atoms with Crippen molar-refractivity contribution in [2.75, 3.05) is 18.5 Å². The van der Waals surface area contributed by atoms with E-state index in [1.54, 1.807) is 6.07 Å². The van der Waals surface area contributed by atoms with E-state index in [0.29, 0.717) is 25.5 Å². The first-order chi connectivity index (χ1) is 7.22. The molecule has 0 atom stereocenters. The van der Waals surface area contributed by atoms with Crippen molar-refractivity contribution in [2.24, 2.45) is 0 Å². The van der Waals surface area contributed by atoms with Crippen molar-refractivity contribution in [3.8, 4) is 0 Å². The van der Waals surface area contributed by atoms with Crippen LogP contribution in [0.2, 0.25) is 0 Å². The molecule has 5 heteroatoms. The van der Waals surface area contributed by atoms with Gasteiger partial charge in [0.2, 0.25) is 5.91 Å². The van der Waals surface area contributed by atoms with Gasteiger partial charge in [0.05, 0.1) is 13.0 Å². The smallest absolute Gasteiger partial charge is 0.227 e. The molecular formula is C10H17N3O2. The molecule has 0 aliphatic rings. The number of amides is 1. The predicted octanol–water partition coefficient (Wildman–Crippen LogP) is 1.47. The second kappa shape index (κ2) is 6.19. The number of aromatic nitrogens is 2. The van der Waals surface area contributed by atoms with E-state index in [1.165, 1.54) is 0 Å². The van der Waals surface area contributed by atoms with Crippen LogP contribution in [0.15, 0.2) is 6.07 Å². The van der Waals surface area contributed by atoms with Crippen LogP contribution >= 0.6 is 0 Å². The summed E-state index contributed by atoms with van der Waals surface area (Å²) in [7, 11) is 0. The average molecular weight is 211 g/mol. The maximum absolute atomic E-state index is 11.3. The van der Waals surface area contributed by atoms with Gasteiger partial charge in [0.25, 0.3) is 0 Å². The van der Waals surface area contributed by atoms with Crippen LogP contribution in [0.25, 0.3) is 0 Å². The molecule has 1 rings (SSSR count). The van der Waals surface area contributed by atoms with Crippen LogP contribution in [0.3, 0.4) is 0 Å². The van der Waals surface area contributed by atoms with E-state index in [2.05, 4.69) is 15.5 Å². The Morgan fingerprint density at radius 3 is 3.00 bits per heavy atom. The number of rotatable bonds is 6. The van der Waals surface area contributed by atoms with Crippen molar-refractivity contribution in [3.63, 3.8) is 0 Å². The predicted molar refractivity (Wildman–Crippen MR) is 57.7 cm³/mol. The minimum absolute atomic E-state index is 0.0717. The molecule has 5 nitrogen and oxygen atoms in total. The molecule has 0 aliphatic carbocycles. The lowest BCUT2D eigenvalue weighted by atomic mass is 10.4. The molecule has 15 heavy (non-hydrogen) atoms. The summed E-state index contributed by atoms with van der Waals surface area (Å²) in [6.45, 7) is 5.08. The number of hydrogen-bond acceptors (Lipinski definition) is 3. The Labute approximate surface area is 89.2 Å². The molecule has 0 aromatic carbocycles. The summed E-state index contributed by atoms with van der Waals surface area (Å²) in [6.07, 6.45) is 1.34. The fraction of sp³-hybridized carbons (Fsp3) is 0.600. The Morgan fingerprint density at radius 1 is 1.60 bits per heavy atom. The fourth-order valence-electron chi connectivity index (χ4n) is 1.10. The molecule has 84 valence electrons. The Balaban J connectivity index is 2.18. The first kappa shape index (κ1) is 11.7. The van der Waals surface area contributed by atoms with E-state index < -0.39 is 0 Å². The van der Waals surface area contributed by atoms with E-state index in [4.69, 9.17) is 4.74 Å². The van der Waals surface area contributed by atoms with Crippen LogP contribution in [0.1, 0.15) is 25.5 Å². The monoisotopic (exact) mass is 211 g/mol. The highest BCUT2D eigenvalue weighted by molar-refractivity contribution is 5.89. The van der Waals surface area contributed by atoms with Gasteiger partial charge in [-0.15, -0.1) is 0 Å². The van der Waals surface area contributed by atoms with Crippen LogP contribution in [-0.4, -0.2) is 29.3 Å². The number of hydrogen-bond donors (Lipinski definition) is 2. The maximum atomic E-state index is 11.3. The average Bonchev–Trinajstić information content (AvgIpc) is 2.59. The highest BCUT2D eigenvalue weighted by atomic mass is 16.5. The van der Waals surface area contributed by atoms with Gasteiger partial charge in [-0.2, -0.15) is 5.10 Å². The number of anilines is 1. The van der Waals surface area contributed by atoms with Gasteiger partial charge in [-0.3, -0.25) is 9.89 Å². The van der Waals surface area contributed by atoms with Crippen molar-refractivity contribution in [1.82, 2.24) is 10.2 Å². The summed E-state index contributed by atoms with van der Waals surface area (Å²) in [5.74, 6) is 0.491. The van der Waals surface area contributed by atoms with Gasteiger partial charge in [0, 0.05) is 18.4 Å². The number of carbonyl (C=O) groups is 1. The van der Waals surface area contributed by atoms with E-state index >= 15 is 0 Å². The molecule has 1 aromatic heterocycles. The van der Waals surface area contributed by atoms with E-state index in [1.807, 2.05) is 13.8 Å².